The monoisotopic (exact) mass is 358 g/mol. The van der Waals surface area contributed by atoms with Crippen molar-refractivity contribution in [3.8, 4) is 0 Å². The minimum Gasteiger partial charge on any atom is -0.300 e. The molecule has 2 N–H and O–H groups in total. The van der Waals surface area contributed by atoms with Gasteiger partial charge in [-0.2, -0.15) is 0 Å². The number of rotatable bonds is 4. The van der Waals surface area contributed by atoms with E-state index in [-0.39, 0.29) is 21.4 Å². The first-order chi connectivity index (χ1) is 10.6. The smallest absolute Gasteiger partial charge is 0.270 e. The van der Waals surface area contributed by atoms with Gasteiger partial charge in [-0.05, 0) is 31.1 Å². The van der Waals surface area contributed by atoms with Crippen LogP contribution < -0.4 is 10.0 Å². The number of anilines is 1. The molecular formula is C14H22N4O3S2. The second-order valence-corrected chi connectivity index (χ2v) is 10.3. The molecule has 2 fully saturated rings. The lowest BCUT2D eigenvalue weighted by Crippen LogP contribution is -2.38. The maximum Gasteiger partial charge on any atom is 0.270 e. The lowest BCUT2D eigenvalue weighted by atomic mass is 9.96. The van der Waals surface area contributed by atoms with Gasteiger partial charge in [0.25, 0.3) is 10.0 Å². The zero-order valence-electron chi connectivity index (χ0n) is 13.5. The topological polar surface area (TPSA) is 101 Å². The molecule has 2 aliphatic carbocycles. The fourth-order valence-electron chi connectivity index (χ4n) is 3.29. The summed E-state index contributed by atoms with van der Waals surface area (Å²) in [6.45, 7) is 5.33. The van der Waals surface area contributed by atoms with Crippen LogP contribution in [-0.2, 0) is 14.8 Å². The van der Waals surface area contributed by atoms with Crippen molar-refractivity contribution < 1.29 is 13.2 Å². The van der Waals surface area contributed by atoms with Gasteiger partial charge < -0.3 is 5.32 Å². The minimum atomic E-state index is -3.67. The Balaban J connectivity index is 1.68. The van der Waals surface area contributed by atoms with Gasteiger partial charge in [0, 0.05) is 11.5 Å². The first kappa shape index (κ1) is 16.8. The first-order valence-corrected chi connectivity index (χ1v) is 10.1. The summed E-state index contributed by atoms with van der Waals surface area (Å²) >= 11 is 0.883. The van der Waals surface area contributed by atoms with E-state index in [0.717, 1.165) is 30.6 Å². The molecule has 9 heteroatoms. The highest BCUT2D eigenvalue weighted by atomic mass is 32.2. The highest BCUT2D eigenvalue weighted by Gasteiger charge is 2.41. The molecule has 1 aromatic heterocycles. The number of sulfonamides is 1. The molecule has 1 heterocycles. The van der Waals surface area contributed by atoms with Crippen molar-refractivity contribution in [2.24, 2.45) is 17.3 Å². The lowest BCUT2D eigenvalue weighted by molar-refractivity contribution is -0.123. The van der Waals surface area contributed by atoms with Gasteiger partial charge in [-0.25, -0.2) is 13.1 Å². The SMILES string of the molecule is CC(C)(C)C(=O)Nc1nnc(S(=O)(=O)N[C@H]2C[C@@H]3CC[C@@H]2C3)s1. The summed E-state index contributed by atoms with van der Waals surface area (Å²) in [5.74, 6) is 0.880. The Kier molecular flexibility index (Phi) is 4.22. The van der Waals surface area contributed by atoms with E-state index >= 15 is 0 Å². The van der Waals surface area contributed by atoms with Gasteiger partial charge in [0.15, 0.2) is 0 Å². The highest BCUT2D eigenvalue weighted by molar-refractivity contribution is 7.91. The Bertz CT molecular complexity index is 708. The summed E-state index contributed by atoms with van der Waals surface area (Å²) in [7, 11) is -3.67. The summed E-state index contributed by atoms with van der Waals surface area (Å²) in [6, 6.07) is 0.00951. The zero-order chi connectivity index (χ0) is 16.8. The van der Waals surface area contributed by atoms with Gasteiger partial charge in [-0.3, -0.25) is 4.79 Å². The number of carbonyl (C=O) groups is 1. The van der Waals surface area contributed by atoms with E-state index in [1.54, 1.807) is 20.8 Å². The summed E-state index contributed by atoms with van der Waals surface area (Å²) in [6.07, 6.45) is 4.35. The first-order valence-electron chi connectivity index (χ1n) is 7.82. The third kappa shape index (κ3) is 3.56. The summed E-state index contributed by atoms with van der Waals surface area (Å²) in [5.41, 5.74) is -0.577. The van der Waals surface area contributed by atoms with E-state index in [2.05, 4.69) is 20.2 Å². The molecule has 1 amide bonds. The lowest BCUT2D eigenvalue weighted by Gasteiger charge is -2.21. The Morgan fingerprint density at radius 3 is 2.52 bits per heavy atom. The standard InChI is InChI=1S/C14H22N4O3S2/c1-14(2,3)11(19)15-12-16-17-13(22-12)23(20,21)18-10-7-8-4-5-9(10)6-8/h8-10,18H,4-7H2,1-3H3,(H,15,16,19)/t8-,9-,10+/m1/s1. The van der Waals surface area contributed by atoms with Crippen LogP contribution in [-0.4, -0.2) is 30.6 Å². The number of aromatic nitrogens is 2. The summed E-state index contributed by atoms with van der Waals surface area (Å²) in [5, 5.41) is 10.3. The molecule has 23 heavy (non-hydrogen) atoms. The van der Waals surface area contributed by atoms with E-state index in [9.17, 15) is 13.2 Å². The van der Waals surface area contributed by atoms with Crippen molar-refractivity contribution in [2.45, 2.75) is 56.8 Å². The van der Waals surface area contributed by atoms with Gasteiger partial charge >= 0.3 is 0 Å². The Labute approximate surface area is 140 Å². The molecule has 0 aromatic carbocycles. The molecule has 1 aromatic rings. The molecule has 3 rings (SSSR count). The van der Waals surface area contributed by atoms with Gasteiger partial charge in [0.2, 0.25) is 15.4 Å². The highest BCUT2D eigenvalue weighted by Crippen LogP contribution is 2.44. The van der Waals surface area contributed by atoms with Crippen LogP contribution in [0.25, 0.3) is 0 Å². The van der Waals surface area contributed by atoms with E-state index in [0.29, 0.717) is 11.8 Å². The van der Waals surface area contributed by atoms with Gasteiger partial charge in [-0.1, -0.05) is 38.5 Å². The molecule has 2 saturated carbocycles. The van der Waals surface area contributed by atoms with Crippen molar-refractivity contribution in [1.82, 2.24) is 14.9 Å². The summed E-state index contributed by atoms with van der Waals surface area (Å²) < 4.78 is 27.6. The van der Waals surface area contributed by atoms with Crippen LogP contribution in [0.4, 0.5) is 5.13 Å². The van der Waals surface area contributed by atoms with Crippen molar-refractivity contribution in [3.05, 3.63) is 0 Å². The Morgan fingerprint density at radius 1 is 1.22 bits per heavy atom. The number of carbonyl (C=O) groups excluding carboxylic acids is 1. The zero-order valence-corrected chi connectivity index (χ0v) is 15.1. The van der Waals surface area contributed by atoms with E-state index in [4.69, 9.17) is 0 Å². The number of hydrogen-bond donors (Lipinski definition) is 2. The third-order valence-electron chi connectivity index (χ3n) is 4.58. The van der Waals surface area contributed by atoms with Crippen molar-refractivity contribution in [1.29, 1.82) is 0 Å². The van der Waals surface area contributed by atoms with Crippen LogP contribution in [0.15, 0.2) is 4.34 Å². The third-order valence-corrected chi connectivity index (χ3v) is 7.28. The van der Waals surface area contributed by atoms with Crippen molar-refractivity contribution in [3.63, 3.8) is 0 Å². The number of hydrogen-bond acceptors (Lipinski definition) is 6. The van der Waals surface area contributed by atoms with E-state index in [1.165, 1.54) is 6.42 Å². The van der Waals surface area contributed by atoms with Crippen LogP contribution >= 0.6 is 11.3 Å². The fraction of sp³-hybridized carbons (Fsp3) is 0.786. The van der Waals surface area contributed by atoms with Crippen LogP contribution in [0.5, 0.6) is 0 Å². The average molecular weight is 358 g/mol. The molecule has 0 unspecified atom stereocenters. The second-order valence-electron chi connectivity index (χ2n) is 7.48. The molecule has 0 aliphatic heterocycles. The molecule has 2 aliphatic rings. The normalized spacial score (nSPS) is 27.3. The molecule has 128 valence electrons. The Morgan fingerprint density at radius 2 is 1.96 bits per heavy atom. The molecule has 2 bridgehead atoms. The molecule has 0 spiro atoms. The maximum atomic E-state index is 12.4. The van der Waals surface area contributed by atoms with Gasteiger partial charge in [0.1, 0.15) is 0 Å². The van der Waals surface area contributed by atoms with Crippen LogP contribution in [0.2, 0.25) is 0 Å². The fourth-order valence-corrected chi connectivity index (χ4v) is 5.52. The number of nitrogens with one attached hydrogen (secondary N) is 2. The quantitative estimate of drug-likeness (QED) is 0.802. The molecule has 3 atom stereocenters. The van der Waals surface area contributed by atoms with Gasteiger partial charge in [-0.15, -0.1) is 10.2 Å². The number of fused-ring (bicyclic) bond motifs is 2. The Hall–Kier alpha value is -1.06. The summed E-state index contributed by atoms with van der Waals surface area (Å²) in [4.78, 5) is 11.9. The number of nitrogens with zero attached hydrogens (tertiary/aromatic N) is 2. The molecule has 7 nitrogen and oxygen atoms in total. The predicted octanol–water partition coefficient (Wildman–Crippen LogP) is 1.99. The van der Waals surface area contributed by atoms with E-state index < -0.39 is 15.4 Å². The minimum absolute atomic E-state index is 0.00951. The largest absolute Gasteiger partial charge is 0.300 e. The van der Waals surface area contributed by atoms with Gasteiger partial charge in [0.05, 0.1) is 0 Å². The van der Waals surface area contributed by atoms with Crippen LogP contribution in [0, 0.1) is 17.3 Å². The molecule has 0 saturated heterocycles. The molecular weight excluding hydrogens is 336 g/mol. The van der Waals surface area contributed by atoms with Crippen LogP contribution in [0.3, 0.4) is 0 Å². The van der Waals surface area contributed by atoms with Crippen LogP contribution in [0.1, 0.15) is 46.5 Å². The van der Waals surface area contributed by atoms with E-state index in [1.807, 2.05) is 0 Å². The second kappa shape index (κ2) is 5.78. The maximum absolute atomic E-state index is 12.4. The molecule has 0 radical (unpaired) electrons. The average Bonchev–Trinajstić information content (AvgIpc) is 3.12. The van der Waals surface area contributed by atoms with Crippen molar-refractivity contribution >= 4 is 32.4 Å². The predicted molar refractivity (Wildman–Crippen MR) is 87.6 cm³/mol. The van der Waals surface area contributed by atoms with Crippen molar-refractivity contribution in [2.75, 3.05) is 5.32 Å². The number of amides is 1.